The van der Waals surface area contributed by atoms with E-state index in [2.05, 4.69) is 0 Å². The van der Waals surface area contributed by atoms with E-state index in [9.17, 15) is 39.6 Å². The molecule has 0 aliphatic carbocycles. The van der Waals surface area contributed by atoms with Crippen LogP contribution < -0.4 is 4.31 Å². The van der Waals surface area contributed by atoms with Gasteiger partial charge in [0.15, 0.2) is 0 Å². The molecule has 9 nitrogen and oxygen atoms in total. The number of carbonyl (C=O) groups excluding carboxylic acids is 1. The summed E-state index contributed by atoms with van der Waals surface area (Å²) in [6, 6.07) is 16.3. The normalized spacial score (nSPS) is 14.8. The molecule has 3 aromatic rings. The van der Waals surface area contributed by atoms with E-state index in [0.29, 0.717) is 25.0 Å². The molecule has 0 radical (unpaired) electrons. The molecule has 43 heavy (non-hydrogen) atoms. The summed E-state index contributed by atoms with van der Waals surface area (Å²) >= 11 is 0. The highest BCUT2D eigenvalue weighted by Crippen LogP contribution is 2.39. The smallest absolute Gasteiger partial charge is 0.417 e. The van der Waals surface area contributed by atoms with Gasteiger partial charge in [-0.1, -0.05) is 36.4 Å². The number of nitrogens with zero attached hydrogens (tertiary/aromatic N) is 2. The Bertz CT molecular complexity index is 1670. The first-order chi connectivity index (χ1) is 20.2. The molecule has 4 rings (SSSR count). The highest BCUT2D eigenvalue weighted by atomic mass is 32.2. The molecule has 0 aromatic heterocycles. The zero-order valence-electron chi connectivity index (χ0n) is 22.8. The number of carboxylic acid groups (broad SMARTS) is 1. The van der Waals surface area contributed by atoms with E-state index in [0.717, 1.165) is 10.4 Å². The molecule has 1 saturated heterocycles. The summed E-state index contributed by atoms with van der Waals surface area (Å²) in [6.45, 7) is 0.227. The molecule has 0 unspecified atom stereocenters. The number of hydrogen-bond donors (Lipinski definition) is 1. The first kappa shape index (κ1) is 32.0. The van der Waals surface area contributed by atoms with Crippen LogP contribution in [-0.4, -0.2) is 58.4 Å². The molecule has 3 aromatic carbocycles. The maximum atomic E-state index is 14.2. The van der Waals surface area contributed by atoms with Crippen LogP contribution in [0.15, 0.2) is 93.5 Å². The second kappa shape index (κ2) is 12.8. The number of amides is 1. The van der Waals surface area contributed by atoms with Gasteiger partial charge in [0.1, 0.15) is 4.90 Å². The van der Waals surface area contributed by atoms with Crippen molar-refractivity contribution in [3.8, 4) is 0 Å². The molecule has 0 bridgehead atoms. The van der Waals surface area contributed by atoms with Crippen LogP contribution in [0.2, 0.25) is 0 Å². The number of hydrogen-bond acceptors (Lipinski definition) is 6. The van der Waals surface area contributed by atoms with Gasteiger partial charge in [-0.25, -0.2) is 16.8 Å². The first-order valence-corrected chi connectivity index (χ1v) is 16.2. The third-order valence-electron chi connectivity index (χ3n) is 7.18. The number of sulfonamides is 1. The minimum absolute atomic E-state index is 0.0897. The molecule has 0 atom stereocenters. The Hall–Kier alpha value is -3.91. The average molecular weight is 639 g/mol. The molecule has 1 aliphatic heterocycles. The van der Waals surface area contributed by atoms with Crippen LogP contribution in [0.25, 0.3) is 0 Å². The number of aliphatic carboxylic acids is 1. The number of carbonyl (C=O) groups is 2. The molecule has 230 valence electrons. The summed E-state index contributed by atoms with van der Waals surface area (Å²) in [4.78, 5) is 22.6. The van der Waals surface area contributed by atoms with Gasteiger partial charge in [0, 0.05) is 26.1 Å². The van der Waals surface area contributed by atoms with E-state index in [4.69, 9.17) is 5.11 Å². The standard InChI is InChI=1S/C29H29F3N2O7S2/c30-29(31,32)25-12-11-24(42(38,39)23-9-5-2-6-10-23)19-26(25)43(40,41)34(22-7-3-1-4-8-22)20-21-15-17-33(18-16-21)27(35)13-14-28(36)37/h1-12,19,21H,13-18,20H2,(H,36,37). The number of carboxylic acids is 1. The number of anilines is 1. The molecule has 0 saturated carbocycles. The molecule has 1 N–H and O–H groups in total. The van der Waals surface area contributed by atoms with Gasteiger partial charge in [0.2, 0.25) is 15.7 Å². The fourth-order valence-electron chi connectivity index (χ4n) is 4.88. The van der Waals surface area contributed by atoms with Crippen LogP contribution in [0.3, 0.4) is 0 Å². The number of sulfone groups is 1. The van der Waals surface area contributed by atoms with E-state index >= 15 is 0 Å². The predicted octanol–water partition coefficient (Wildman–Crippen LogP) is 4.84. The van der Waals surface area contributed by atoms with Gasteiger partial charge in [-0.3, -0.25) is 13.9 Å². The van der Waals surface area contributed by atoms with Crippen LogP contribution in [0.4, 0.5) is 18.9 Å². The number of piperidine rings is 1. The minimum Gasteiger partial charge on any atom is -0.481 e. The van der Waals surface area contributed by atoms with Crippen LogP contribution in [-0.2, 0) is 35.6 Å². The fourth-order valence-corrected chi connectivity index (χ4v) is 8.04. The fraction of sp³-hybridized carbons (Fsp3) is 0.310. The van der Waals surface area contributed by atoms with Crippen LogP contribution in [0.5, 0.6) is 0 Å². The number of alkyl halides is 3. The number of halogens is 3. The topological polar surface area (TPSA) is 129 Å². The largest absolute Gasteiger partial charge is 0.481 e. The predicted molar refractivity (Wildman–Crippen MR) is 150 cm³/mol. The average Bonchev–Trinajstić information content (AvgIpc) is 2.99. The third kappa shape index (κ3) is 7.36. The Morgan fingerprint density at radius 1 is 0.837 bits per heavy atom. The van der Waals surface area contributed by atoms with Crippen LogP contribution >= 0.6 is 0 Å². The van der Waals surface area contributed by atoms with Gasteiger partial charge < -0.3 is 10.0 Å². The number of rotatable bonds is 10. The van der Waals surface area contributed by atoms with Crippen molar-refractivity contribution in [1.82, 2.24) is 4.90 Å². The van der Waals surface area contributed by atoms with Gasteiger partial charge in [0.05, 0.1) is 27.5 Å². The Morgan fingerprint density at radius 2 is 1.42 bits per heavy atom. The maximum Gasteiger partial charge on any atom is 0.417 e. The van der Waals surface area contributed by atoms with Crippen LogP contribution in [0, 0.1) is 5.92 Å². The Kier molecular flexibility index (Phi) is 9.50. The third-order valence-corrected chi connectivity index (χ3v) is 10.8. The lowest BCUT2D eigenvalue weighted by Gasteiger charge is -2.35. The summed E-state index contributed by atoms with van der Waals surface area (Å²) in [5.41, 5.74) is -1.41. The van der Waals surface area contributed by atoms with Crippen molar-refractivity contribution in [2.24, 2.45) is 5.92 Å². The summed E-state index contributed by atoms with van der Waals surface area (Å²) in [5, 5.41) is 8.83. The second-order valence-electron chi connectivity index (χ2n) is 10.1. The number of likely N-dealkylation sites (tertiary alicyclic amines) is 1. The van der Waals surface area contributed by atoms with E-state index in [1.807, 2.05) is 0 Å². The number of benzene rings is 3. The Balaban J connectivity index is 1.71. The molecule has 1 aliphatic rings. The SMILES string of the molecule is O=C(O)CCC(=O)N1CCC(CN(c2ccccc2)S(=O)(=O)c2cc(S(=O)(=O)c3ccccc3)ccc2C(F)(F)F)CC1. The van der Waals surface area contributed by atoms with Crippen molar-refractivity contribution < 1.29 is 44.7 Å². The summed E-state index contributed by atoms with van der Waals surface area (Å²) in [5.74, 6) is -1.81. The lowest BCUT2D eigenvalue weighted by Crippen LogP contribution is -2.43. The zero-order chi connectivity index (χ0) is 31.4. The summed E-state index contributed by atoms with van der Waals surface area (Å²) < 4.78 is 98.1. The van der Waals surface area contributed by atoms with Gasteiger partial charge >= 0.3 is 12.1 Å². The van der Waals surface area contributed by atoms with Crippen molar-refractivity contribution in [3.05, 3.63) is 84.4 Å². The maximum absolute atomic E-state index is 14.2. The monoisotopic (exact) mass is 638 g/mol. The highest BCUT2D eigenvalue weighted by Gasteiger charge is 2.41. The lowest BCUT2D eigenvalue weighted by molar-refractivity contribution is -0.141. The minimum atomic E-state index is -5.11. The van der Waals surface area contributed by atoms with E-state index in [-0.39, 0.29) is 54.9 Å². The Labute approximate surface area is 247 Å². The van der Waals surface area contributed by atoms with Gasteiger partial charge in [0.25, 0.3) is 10.0 Å². The molecular weight excluding hydrogens is 609 g/mol. The van der Waals surface area contributed by atoms with E-state index in [1.54, 1.807) is 12.1 Å². The molecule has 0 spiro atoms. The van der Waals surface area contributed by atoms with E-state index < -0.39 is 47.4 Å². The van der Waals surface area contributed by atoms with Crippen molar-refractivity contribution >= 4 is 37.4 Å². The second-order valence-corrected chi connectivity index (χ2v) is 13.8. The van der Waals surface area contributed by atoms with Crippen molar-refractivity contribution in [2.75, 3.05) is 23.9 Å². The van der Waals surface area contributed by atoms with Crippen molar-refractivity contribution in [1.29, 1.82) is 0 Å². The molecular formula is C29H29F3N2O7S2. The highest BCUT2D eigenvalue weighted by molar-refractivity contribution is 7.93. The van der Waals surface area contributed by atoms with Gasteiger partial charge in [-0.05, 0) is 61.2 Å². The molecule has 1 amide bonds. The van der Waals surface area contributed by atoms with Gasteiger partial charge in [-0.2, -0.15) is 13.2 Å². The Morgan fingerprint density at radius 3 is 1.98 bits per heavy atom. The molecule has 1 fully saturated rings. The molecule has 1 heterocycles. The quantitative estimate of drug-likeness (QED) is 0.337. The number of para-hydroxylation sites is 1. The lowest BCUT2D eigenvalue weighted by atomic mass is 9.96. The van der Waals surface area contributed by atoms with Crippen LogP contribution in [0.1, 0.15) is 31.2 Å². The van der Waals surface area contributed by atoms with Gasteiger partial charge in [-0.15, -0.1) is 0 Å². The first-order valence-electron chi connectivity index (χ1n) is 13.3. The zero-order valence-corrected chi connectivity index (χ0v) is 24.4. The summed E-state index contributed by atoms with van der Waals surface area (Å²) in [6.07, 6.45) is -4.95. The van der Waals surface area contributed by atoms with Crippen molar-refractivity contribution in [3.63, 3.8) is 0 Å². The van der Waals surface area contributed by atoms with Crippen molar-refractivity contribution in [2.45, 2.75) is 46.5 Å². The summed E-state index contributed by atoms with van der Waals surface area (Å²) in [7, 11) is -9.33. The van der Waals surface area contributed by atoms with E-state index in [1.165, 1.54) is 53.4 Å². The molecule has 14 heteroatoms.